The molecule has 1 fully saturated rings. The van der Waals surface area contributed by atoms with Crippen LogP contribution in [0.1, 0.15) is 44.6 Å². The second-order valence-corrected chi connectivity index (χ2v) is 6.35. The third-order valence-corrected chi connectivity index (χ3v) is 4.95. The monoisotopic (exact) mass is 270 g/mol. The van der Waals surface area contributed by atoms with E-state index < -0.39 is 0 Å². The van der Waals surface area contributed by atoms with Crippen LogP contribution in [-0.4, -0.2) is 10.6 Å². The lowest BCUT2D eigenvalue weighted by Gasteiger charge is -2.28. The summed E-state index contributed by atoms with van der Waals surface area (Å²) in [7, 11) is 2.14. The largest absolute Gasteiger partial charge is 0.350 e. The molecule has 0 aliphatic heterocycles. The minimum atomic E-state index is 0.634. The molecule has 1 unspecified atom stereocenters. The molecular formula is C18H26N2. The first kappa shape index (κ1) is 13.7. The van der Waals surface area contributed by atoms with Crippen molar-refractivity contribution in [3.63, 3.8) is 0 Å². The second kappa shape index (κ2) is 6.01. The van der Waals surface area contributed by atoms with Gasteiger partial charge in [0.2, 0.25) is 0 Å². The summed E-state index contributed by atoms with van der Waals surface area (Å²) in [6.07, 6.45) is 9.36. The maximum absolute atomic E-state index is 3.76. The van der Waals surface area contributed by atoms with Gasteiger partial charge in [0.05, 0.1) is 0 Å². The Morgan fingerprint density at radius 2 is 1.95 bits per heavy atom. The van der Waals surface area contributed by atoms with Crippen molar-refractivity contribution in [2.45, 2.75) is 51.6 Å². The Bertz CT molecular complexity index is 564. The number of fused-ring (bicyclic) bond motifs is 1. The highest BCUT2D eigenvalue weighted by Crippen LogP contribution is 2.27. The van der Waals surface area contributed by atoms with Crippen LogP contribution in [0.2, 0.25) is 0 Å². The van der Waals surface area contributed by atoms with Gasteiger partial charge >= 0.3 is 0 Å². The number of aryl methyl sites for hydroxylation is 1. The summed E-state index contributed by atoms with van der Waals surface area (Å²) in [4.78, 5) is 0. The molecule has 1 aliphatic carbocycles. The predicted molar refractivity (Wildman–Crippen MR) is 85.8 cm³/mol. The van der Waals surface area contributed by atoms with Crippen molar-refractivity contribution in [2.24, 2.45) is 13.0 Å². The van der Waals surface area contributed by atoms with Crippen molar-refractivity contribution < 1.29 is 0 Å². The van der Waals surface area contributed by atoms with E-state index >= 15 is 0 Å². The fourth-order valence-corrected chi connectivity index (χ4v) is 3.64. The van der Waals surface area contributed by atoms with E-state index in [9.17, 15) is 0 Å². The van der Waals surface area contributed by atoms with E-state index in [4.69, 9.17) is 0 Å². The molecule has 1 saturated carbocycles. The van der Waals surface area contributed by atoms with E-state index in [1.807, 2.05) is 0 Å². The van der Waals surface area contributed by atoms with Gasteiger partial charge in [0.15, 0.2) is 0 Å². The summed E-state index contributed by atoms with van der Waals surface area (Å²) in [5, 5.41) is 5.15. The van der Waals surface area contributed by atoms with Crippen molar-refractivity contribution in [3.8, 4) is 0 Å². The molecule has 1 aromatic heterocycles. The Balaban J connectivity index is 1.67. The fourth-order valence-electron chi connectivity index (χ4n) is 3.64. The molecule has 1 aromatic carbocycles. The van der Waals surface area contributed by atoms with Crippen molar-refractivity contribution in [1.82, 2.24) is 9.88 Å². The van der Waals surface area contributed by atoms with Gasteiger partial charge in [-0.3, -0.25) is 0 Å². The van der Waals surface area contributed by atoms with Crippen LogP contribution in [0.4, 0.5) is 0 Å². The average Bonchev–Trinajstić information content (AvgIpc) is 2.83. The van der Waals surface area contributed by atoms with E-state index in [-0.39, 0.29) is 0 Å². The van der Waals surface area contributed by atoms with Crippen LogP contribution < -0.4 is 5.32 Å². The number of benzene rings is 1. The Morgan fingerprint density at radius 3 is 2.75 bits per heavy atom. The minimum Gasteiger partial charge on any atom is -0.350 e. The van der Waals surface area contributed by atoms with Crippen LogP contribution in [0.25, 0.3) is 10.9 Å². The number of aromatic nitrogens is 1. The van der Waals surface area contributed by atoms with E-state index in [0.717, 1.165) is 12.5 Å². The van der Waals surface area contributed by atoms with Gasteiger partial charge in [-0.2, -0.15) is 0 Å². The van der Waals surface area contributed by atoms with Crippen molar-refractivity contribution in [3.05, 3.63) is 36.0 Å². The van der Waals surface area contributed by atoms with E-state index in [1.54, 1.807) is 0 Å². The van der Waals surface area contributed by atoms with Gasteiger partial charge in [-0.05, 0) is 37.3 Å². The molecule has 2 nitrogen and oxygen atoms in total. The zero-order chi connectivity index (χ0) is 13.9. The maximum atomic E-state index is 3.76. The first-order valence-corrected chi connectivity index (χ1v) is 8.02. The number of nitrogens with one attached hydrogen (secondary N) is 1. The maximum Gasteiger partial charge on any atom is 0.0481 e. The number of nitrogens with zero attached hydrogens (tertiary/aromatic N) is 1. The molecule has 0 saturated heterocycles. The van der Waals surface area contributed by atoms with E-state index in [0.29, 0.717) is 6.04 Å². The van der Waals surface area contributed by atoms with Crippen LogP contribution in [0.15, 0.2) is 30.5 Å². The van der Waals surface area contributed by atoms with Crippen LogP contribution >= 0.6 is 0 Å². The highest BCUT2D eigenvalue weighted by molar-refractivity contribution is 5.83. The molecule has 1 heterocycles. The molecule has 0 amide bonds. The second-order valence-electron chi connectivity index (χ2n) is 6.35. The summed E-state index contributed by atoms with van der Waals surface area (Å²) in [6, 6.07) is 9.32. The molecule has 0 radical (unpaired) electrons. The number of hydrogen-bond donors (Lipinski definition) is 1. The van der Waals surface area contributed by atoms with Gasteiger partial charge in [0.1, 0.15) is 0 Å². The van der Waals surface area contributed by atoms with Gasteiger partial charge in [0.25, 0.3) is 0 Å². The van der Waals surface area contributed by atoms with Crippen LogP contribution in [0.3, 0.4) is 0 Å². The standard InChI is InChI=1S/C18H26N2/c1-14(15-8-4-3-5-9-15)19-12-16-13-20(2)18-11-7-6-10-17(16)18/h6-7,10-11,13-15,19H,3-5,8-9,12H2,1-2H3. The molecule has 2 aromatic rings. The summed E-state index contributed by atoms with van der Waals surface area (Å²) in [6.45, 7) is 3.35. The summed E-state index contributed by atoms with van der Waals surface area (Å²) < 4.78 is 2.23. The van der Waals surface area contributed by atoms with Gasteiger partial charge in [0, 0.05) is 36.7 Å². The summed E-state index contributed by atoms with van der Waals surface area (Å²) >= 11 is 0. The van der Waals surface area contributed by atoms with Gasteiger partial charge < -0.3 is 9.88 Å². The van der Waals surface area contributed by atoms with Gasteiger partial charge in [-0.1, -0.05) is 37.5 Å². The van der Waals surface area contributed by atoms with E-state index in [2.05, 4.69) is 54.3 Å². The Labute approximate surface area is 122 Å². The van der Waals surface area contributed by atoms with Crippen LogP contribution in [-0.2, 0) is 13.6 Å². The van der Waals surface area contributed by atoms with Crippen molar-refractivity contribution >= 4 is 10.9 Å². The first-order valence-electron chi connectivity index (χ1n) is 8.02. The van der Waals surface area contributed by atoms with E-state index in [1.165, 1.54) is 48.6 Å². The Morgan fingerprint density at radius 1 is 1.20 bits per heavy atom. The SMILES string of the molecule is CC(NCc1cn(C)c2ccccc12)C1CCCCC1. The Kier molecular flexibility index (Phi) is 4.11. The highest BCUT2D eigenvalue weighted by atomic mass is 14.9. The van der Waals surface area contributed by atoms with Crippen LogP contribution in [0, 0.1) is 5.92 Å². The van der Waals surface area contributed by atoms with Crippen molar-refractivity contribution in [1.29, 1.82) is 0 Å². The quantitative estimate of drug-likeness (QED) is 0.879. The third kappa shape index (κ3) is 2.76. The molecule has 0 spiro atoms. The summed E-state index contributed by atoms with van der Waals surface area (Å²) in [5.41, 5.74) is 2.75. The highest BCUT2D eigenvalue weighted by Gasteiger charge is 2.19. The van der Waals surface area contributed by atoms with Gasteiger partial charge in [-0.15, -0.1) is 0 Å². The third-order valence-electron chi connectivity index (χ3n) is 4.95. The summed E-state index contributed by atoms with van der Waals surface area (Å²) in [5.74, 6) is 0.874. The predicted octanol–water partition coefficient (Wildman–Crippen LogP) is 4.24. The number of para-hydroxylation sites is 1. The zero-order valence-electron chi connectivity index (χ0n) is 12.7. The first-order chi connectivity index (χ1) is 9.75. The Hall–Kier alpha value is -1.28. The minimum absolute atomic E-state index is 0.634. The zero-order valence-corrected chi connectivity index (χ0v) is 12.7. The van der Waals surface area contributed by atoms with Crippen molar-refractivity contribution in [2.75, 3.05) is 0 Å². The molecule has 2 heteroatoms. The molecule has 0 bridgehead atoms. The molecule has 20 heavy (non-hydrogen) atoms. The lowest BCUT2D eigenvalue weighted by molar-refractivity contribution is 0.281. The lowest BCUT2D eigenvalue weighted by atomic mass is 9.84. The molecule has 1 aliphatic rings. The fraction of sp³-hybridized carbons (Fsp3) is 0.556. The normalized spacial score (nSPS) is 18.5. The van der Waals surface area contributed by atoms with Gasteiger partial charge in [-0.25, -0.2) is 0 Å². The molecule has 108 valence electrons. The average molecular weight is 270 g/mol. The number of hydrogen-bond acceptors (Lipinski definition) is 1. The molecule has 3 rings (SSSR count). The van der Waals surface area contributed by atoms with Crippen LogP contribution in [0.5, 0.6) is 0 Å². The smallest absolute Gasteiger partial charge is 0.0481 e. The lowest BCUT2D eigenvalue weighted by Crippen LogP contribution is -2.34. The molecule has 1 N–H and O–H groups in total. The number of rotatable bonds is 4. The topological polar surface area (TPSA) is 17.0 Å². The molecule has 1 atom stereocenters. The molecular weight excluding hydrogens is 244 g/mol.